The van der Waals surface area contributed by atoms with E-state index in [9.17, 15) is 9.90 Å². The topological polar surface area (TPSA) is 78.6 Å². The lowest BCUT2D eigenvalue weighted by Crippen LogP contribution is -2.40. The highest BCUT2D eigenvalue weighted by atomic mass is 35.5. The van der Waals surface area contributed by atoms with Gasteiger partial charge in [0.05, 0.1) is 28.9 Å². The van der Waals surface area contributed by atoms with Crippen molar-refractivity contribution in [2.45, 2.75) is 19.4 Å². The minimum atomic E-state index is -0.212. The Balaban J connectivity index is 2.03. The smallest absolute Gasteiger partial charge is 0.238 e. The maximum atomic E-state index is 12.1. The molecule has 0 aromatic heterocycles. The van der Waals surface area contributed by atoms with Crippen molar-refractivity contribution in [1.29, 1.82) is 0 Å². The molecule has 21 heavy (non-hydrogen) atoms. The number of hydrogen-bond acceptors (Lipinski definition) is 4. The number of anilines is 2. The van der Waals surface area contributed by atoms with Crippen molar-refractivity contribution < 1.29 is 9.90 Å². The van der Waals surface area contributed by atoms with Gasteiger partial charge in [-0.25, -0.2) is 0 Å². The lowest BCUT2D eigenvalue weighted by molar-refractivity contribution is -0.117. The number of carbonyl (C=O) groups excluding carboxylic acids is 1. The van der Waals surface area contributed by atoms with Gasteiger partial charge in [-0.3, -0.25) is 9.69 Å². The Labute approximate surface area is 134 Å². The quantitative estimate of drug-likeness (QED) is 0.739. The second-order valence-corrected chi connectivity index (χ2v) is 6.21. The molecule has 5 nitrogen and oxygen atoms in total. The van der Waals surface area contributed by atoms with Crippen LogP contribution < -0.4 is 11.1 Å². The van der Waals surface area contributed by atoms with Gasteiger partial charge in [-0.1, -0.05) is 30.1 Å². The second kappa shape index (κ2) is 6.83. The average Bonchev–Trinajstić information content (AvgIpc) is 2.74. The van der Waals surface area contributed by atoms with Crippen molar-refractivity contribution in [2.24, 2.45) is 5.92 Å². The molecular formula is C14H19Cl2N3O2. The summed E-state index contributed by atoms with van der Waals surface area (Å²) in [6, 6.07) is 3.10. The molecule has 1 aliphatic heterocycles. The number of amides is 1. The van der Waals surface area contributed by atoms with E-state index in [-0.39, 0.29) is 25.1 Å². The predicted molar refractivity (Wildman–Crippen MR) is 85.7 cm³/mol. The molecule has 116 valence electrons. The van der Waals surface area contributed by atoms with E-state index < -0.39 is 0 Å². The first-order valence-corrected chi connectivity index (χ1v) is 7.57. The molecule has 0 aliphatic carbocycles. The van der Waals surface area contributed by atoms with Crippen LogP contribution in [0.1, 0.15) is 13.3 Å². The number of carbonyl (C=O) groups is 1. The van der Waals surface area contributed by atoms with Crippen molar-refractivity contribution >= 4 is 40.5 Å². The van der Waals surface area contributed by atoms with Gasteiger partial charge >= 0.3 is 0 Å². The van der Waals surface area contributed by atoms with Crippen LogP contribution in [-0.4, -0.2) is 41.7 Å². The molecule has 1 heterocycles. The Bertz CT molecular complexity index is 516. The molecule has 2 unspecified atom stereocenters. The summed E-state index contributed by atoms with van der Waals surface area (Å²) in [7, 11) is 0. The first-order valence-electron chi connectivity index (χ1n) is 6.81. The Morgan fingerprint density at radius 3 is 2.67 bits per heavy atom. The van der Waals surface area contributed by atoms with Gasteiger partial charge < -0.3 is 16.2 Å². The van der Waals surface area contributed by atoms with E-state index in [0.29, 0.717) is 27.3 Å². The maximum Gasteiger partial charge on any atom is 0.238 e. The van der Waals surface area contributed by atoms with Crippen LogP contribution in [0.4, 0.5) is 11.4 Å². The highest BCUT2D eigenvalue weighted by Gasteiger charge is 2.31. The number of aliphatic hydroxyl groups is 1. The first kappa shape index (κ1) is 16.4. The summed E-state index contributed by atoms with van der Waals surface area (Å²) in [5.41, 5.74) is 6.43. The van der Waals surface area contributed by atoms with Crippen molar-refractivity contribution in [1.82, 2.24) is 4.90 Å². The second-order valence-electron chi connectivity index (χ2n) is 5.39. The molecule has 7 heteroatoms. The van der Waals surface area contributed by atoms with Crippen LogP contribution in [0.25, 0.3) is 0 Å². The number of hydrogen-bond donors (Lipinski definition) is 3. The summed E-state index contributed by atoms with van der Waals surface area (Å²) in [5.74, 6) is 0.169. The number of aliphatic hydroxyl groups excluding tert-OH is 1. The van der Waals surface area contributed by atoms with Crippen LogP contribution in [0.2, 0.25) is 10.0 Å². The summed E-state index contributed by atoms with van der Waals surface area (Å²) in [4.78, 5) is 14.1. The number of rotatable bonds is 4. The van der Waals surface area contributed by atoms with E-state index in [1.807, 2.05) is 4.90 Å². The van der Waals surface area contributed by atoms with Gasteiger partial charge in [-0.05, 0) is 31.0 Å². The molecule has 1 aromatic carbocycles. The minimum absolute atomic E-state index is 0.0214. The third-order valence-electron chi connectivity index (χ3n) is 3.86. The molecule has 0 saturated carbocycles. The molecule has 2 rings (SSSR count). The molecule has 0 radical (unpaired) electrons. The highest BCUT2D eigenvalue weighted by Crippen LogP contribution is 2.33. The van der Waals surface area contributed by atoms with Gasteiger partial charge in [-0.2, -0.15) is 0 Å². The van der Waals surface area contributed by atoms with Gasteiger partial charge in [0.2, 0.25) is 5.91 Å². The molecule has 0 spiro atoms. The standard InChI is InChI=1S/C14H19Cl2N3O2/c1-8-2-3-19(12(8)7-20)6-13(21)18-14-10(15)4-9(17)5-11(14)16/h4-5,8,12,20H,2-3,6-7,17H2,1H3,(H,18,21). The van der Waals surface area contributed by atoms with Crippen LogP contribution in [0, 0.1) is 5.92 Å². The lowest BCUT2D eigenvalue weighted by atomic mass is 10.0. The molecule has 1 saturated heterocycles. The molecule has 0 bridgehead atoms. The van der Waals surface area contributed by atoms with E-state index in [4.69, 9.17) is 28.9 Å². The molecule has 1 aliphatic rings. The van der Waals surface area contributed by atoms with Crippen LogP contribution in [0.3, 0.4) is 0 Å². The van der Waals surface area contributed by atoms with Crippen LogP contribution in [0.5, 0.6) is 0 Å². The normalized spacial score (nSPS) is 22.5. The molecule has 1 amide bonds. The monoisotopic (exact) mass is 331 g/mol. The summed E-state index contributed by atoms with van der Waals surface area (Å²) in [6.07, 6.45) is 0.974. The van der Waals surface area contributed by atoms with E-state index >= 15 is 0 Å². The van der Waals surface area contributed by atoms with Crippen molar-refractivity contribution in [2.75, 3.05) is 30.7 Å². The van der Waals surface area contributed by atoms with Gasteiger partial charge in [0.15, 0.2) is 0 Å². The molecule has 2 atom stereocenters. The van der Waals surface area contributed by atoms with Gasteiger partial charge in [0.1, 0.15) is 0 Å². The fourth-order valence-electron chi connectivity index (χ4n) is 2.65. The van der Waals surface area contributed by atoms with Crippen molar-refractivity contribution in [3.63, 3.8) is 0 Å². The summed E-state index contributed by atoms with van der Waals surface area (Å²) < 4.78 is 0. The molecule has 1 fully saturated rings. The van der Waals surface area contributed by atoms with Gasteiger partial charge in [-0.15, -0.1) is 0 Å². The third-order valence-corrected chi connectivity index (χ3v) is 4.46. The zero-order valence-corrected chi connectivity index (χ0v) is 13.3. The van der Waals surface area contributed by atoms with Crippen molar-refractivity contribution in [3.8, 4) is 0 Å². The highest BCUT2D eigenvalue weighted by molar-refractivity contribution is 6.40. The Hall–Kier alpha value is -1.01. The van der Waals surface area contributed by atoms with Gasteiger partial charge in [0, 0.05) is 11.7 Å². The zero-order valence-electron chi connectivity index (χ0n) is 11.8. The summed E-state index contributed by atoms with van der Waals surface area (Å²) in [6.45, 7) is 3.12. The largest absolute Gasteiger partial charge is 0.399 e. The predicted octanol–water partition coefficient (Wildman–Crippen LogP) is 2.22. The molecular weight excluding hydrogens is 313 g/mol. The van der Waals surface area contributed by atoms with Crippen LogP contribution >= 0.6 is 23.2 Å². The van der Waals surface area contributed by atoms with E-state index in [1.54, 1.807) is 0 Å². The first-order chi connectivity index (χ1) is 9.92. The molecule has 4 N–H and O–H groups in total. The number of nitrogen functional groups attached to an aromatic ring is 1. The van der Waals surface area contributed by atoms with Crippen molar-refractivity contribution in [3.05, 3.63) is 22.2 Å². The number of halogens is 2. The Kier molecular flexibility index (Phi) is 5.32. The fourth-order valence-corrected chi connectivity index (χ4v) is 3.25. The van der Waals surface area contributed by atoms with E-state index in [0.717, 1.165) is 13.0 Å². The maximum absolute atomic E-state index is 12.1. The SMILES string of the molecule is CC1CCN(CC(=O)Nc2c(Cl)cc(N)cc2Cl)C1CO. The average molecular weight is 332 g/mol. The van der Waals surface area contributed by atoms with E-state index in [2.05, 4.69) is 12.2 Å². The zero-order chi connectivity index (χ0) is 15.6. The minimum Gasteiger partial charge on any atom is -0.399 e. The molecule has 1 aromatic rings. The summed E-state index contributed by atoms with van der Waals surface area (Å²) >= 11 is 12.1. The Morgan fingerprint density at radius 2 is 2.10 bits per heavy atom. The number of nitrogens with zero attached hydrogens (tertiary/aromatic N) is 1. The van der Waals surface area contributed by atoms with Crippen LogP contribution in [-0.2, 0) is 4.79 Å². The van der Waals surface area contributed by atoms with Crippen LogP contribution in [0.15, 0.2) is 12.1 Å². The third kappa shape index (κ3) is 3.80. The fraction of sp³-hybridized carbons (Fsp3) is 0.500. The number of benzene rings is 1. The number of nitrogens with one attached hydrogen (secondary N) is 1. The number of nitrogens with two attached hydrogens (primary N) is 1. The lowest BCUT2D eigenvalue weighted by Gasteiger charge is -2.24. The number of likely N-dealkylation sites (tertiary alicyclic amines) is 1. The summed E-state index contributed by atoms with van der Waals surface area (Å²) in [5, 5.41) is 12.7. The van der Waals surface area contributed by atoms with Gasteiger partial charge in [0.25, 0.3) is 0 Å². The van der Waals surface area contributed by atoms with E-state index in [1.165, 1.54) is 12.1 Å². The Morgan fingerprint density at radius 1 is 1.48 bits per heavy atom.